The molecule has 3 heteroatoms. The number of carboxylic acids is 1. The van der Waals surface area contributed by atoms with Gasteiger partial charge in [-0.2, -0.15) is 0 Å². The van der Waals surface area contributed by atoms with Crippen LogP contribution in [0.2, 0.25) is 0 Å². The molecule has 1 saturated carbocycles. The maximum Gasteiger partial charge on any atom is 0.309 e. The molecule has 1 aromatic rings. The minimum absolute atomic E-state index is 0.286. The number of carbonyl (C=O) groups is 1. The molecule has 3 nitrogen and oxygen atoms in total. The van der Waals surface area contributed by atoms with Gasteiger partial charge in [0.2, 0.25) is 0 Å². The molecule has 1 aliphatic rings. The second kappa shape index (κ2) is 6.17. The SMILES string of the molecule is CC(C)(C)C1CCC(CCc2cccnc2)(C(=O)O)CC1. The Kier molecular flexibility index (Phi) is 4.70. The van der Waals surface area contributed by atoms with Gasteiger partial charge in [-0.3, -0.25) is 9.78 Å². The molecule has 1 N–H and O–H groups in total. The van der Waals surface area contributed by atoms with E-state index in [2.05, 4.69) is 25.8 Å². The van der Waals surface area contributed by atoms with E-state index in [4.69, 9.17) is 0 Å². The van der Waals surface area contributed by atoms with Gasteiger partial charge < -0.3 is 5.11 Å². The number of aromatic nitrogens is 1. The quantitative estimate of drug-likeness (QED) is 0.898. The number of aryl methyl sites for hydroxylation is 1. The van der Waals surface area contributed by atoms with Crippen LogP contribution in [0, 0.1) is 16.7 Å². The van der Waals surface area contributed by atoms with Crippen LogP contribution in [0.4, 0.5) is 0 Å². The van der Waals surface area contributed by atoms with Crippen molar-refractivity contribution in [2.75, 3.05) is 0 Å². The molecule has 0 amide bonds. The molecule has 0 radical (unpaired) electrons. The van der Waals surface area contributed by atoms with E-state index in [0.29, 0.717) is 5.92 Å². The Morgan fingerprint density at radius 2 is 2.05 bits per heavy atom. The van der Waals surface area contributed by atoms with Gasteiger partial charge in [0.1, 0.15) is 0 Å². The van der Waals surface area contributed by atoms with Crippen LogP contribution in [-0.4, -0.2) is 16.1 Å². The average molecular weight is 289 g/mol. The third-order valence-corrected chi connectivity index (χ3v) is 5.24. The first kappa shape index (κ1) is 16.0. The van der Waals surface area contributed by atoms with E-state index >= 15 is 0 Å². The van der Waals surface area contributed by atoms with Gasteiger partial charge in [0.25, 0.3) is 0 Å². The third kappa shape index (κ3) is 3.84. The largest absolute Gasteiger partial charge is 0.481 e. The zero-order chi connectivity index (χ0) is 15.5. The summed E-state index contributed by atoms with van der Waals surface area (Å²) in [5, 5.41) is 9.74. The van der Waals surface area contributed by atoms with Crippen LogP contribution < -0.4 is 0 Å². The molecule has 1 aliphatic carbocycles. The van der Waals surface area contributed by atoms with Crippen LogP contribution >= 0.6 is 0 Å². The fourth-order valence-corrected chi connectivity index (χ4v) is 3.54. The number of nitrogens with zero attached hydrogens (tertiary/aromatic N) is 1. The van der Waals surface area contributed by atoms with Gasteiger partial charge in [-0.1, -0.05) is 26.8 Å². The molecule has 0 unspecified atom stereocenters. The second-order valence-corrected chi connectivity index (χ2v) is 7.59. The summed E-state index contributed by atoms with van der Waals surface area (Å²) in [7, 11) is 0. The van der Waals surface area contributed by atoms with Crippen molar-refractivity contribution in [2.24, 2.45) is 16.7 Å². The van der Waals surface area contributed by atoms with Crippen LogP contribution in [0.15, 0.2) is 24.5 Å². The van der Waals surface area contributed by atoms with Crippen LogP contribution in [0.1, 0.15) is 58.4 Å². The zero-order valence-electron chi connectivity index (χ0n) is 13.4. The molecular weight excluding hydrogens is 262 g/mol. The predicted molar refractivity (Wildman–Crippen MR) is 84.0 cm³/mol. The van der Waals surface area contributed by atoms with Gasteiger partial charge in [0, 0.05) is 12.4 Å². The van der Waals surface area contributed by atoms with E-state index in [1.54, 1.807) is 6.20 Å². The van der Waals surface area contributed by atoms with Crippen LogP contribution in [0.25, 0.3) is 0 Å². The molecule has 0 spiro atoms. The first-order valence-electron chi connectivity index (χ1n) is 7.96. The number of hydrogen-bond donors (Lipinski definition) is 1. The highest BCUT2D eigenvalue weighted by Gasteiger charge is 2.43. The van der Waals surface area contributed by atoms with Crippen LogP contribution in [0.5, 0.6) is 0 Å². The second-order valence-electron chi connectivity index (χ2n) is 7.59. The minimum Gasteiger partial charge on any atom is -0.481 e. The molecule has 0 atom stereocenters. The van der Waals surface area contributed by atoms with Crippen molar-refractivity contribution in [1.29, 1.82) is 0 Å². The third-order valence-electron chi connectivity index (χ3n) is 5.24. The molecule has 21 heavy (non-hydrogen) atoms. The Balaban J connectivity index is 2.01. The fraction of sp³-hybridized carbons (Fsp3) is 0.667. The van der Waals surface area contributed by atoms with Crippen molar-refractivity contribution in [2.45, 2.75) is 59.3 Å². The zero-order valence-corrected chi connectivity index (χ0v) is 13.4. The lowest BCUT2D eigenvalue weighted by Crippen LogP contribution is -2.38. The van der Waals surface area contributed by atoms with Crippen molar-refractivity contribution in [3.05, 3.63) is 30.1 Å². The summed E-state index contributed by atoms with van der Waals surface area (Å²) in [4.78, 5) is 16.0. The van der Waals surface area contributed by atoms with Crippen molar-refractivity contribution in [3.63, 3.8) is 0 Å². The maximum atomic E-state index is 11.8. The van der Waals surface area contributed by atoms with E-state index < -0.39 is 11.4 Å². The summed E-state index contributed by atoms with van der Waals surface area (Å²) in [5.74, 6) is 0.0297. The molecule has 116 valence electrons. The molecular formula is C18H27NO2. The molecule has 2 rings (SSSR count). The predicted octanol–water partition coefficient (Wildman–Crippen LogP) is 4.32. The average Bonchev–Trinajstić information content (AvgIpc) is 2.45. The number of aliphatic carboxylic acids is 1. The topological polar surface area (TPSA) is 50.2 Å². The first-order valence-corrected chi connectivity index (χ1v) is 7.96. The normalized spacial score (nSPS) is 26.5. The fourth-order valence-electron chi connectivity index (χ4n) is 3.54. The van der Waals surface area contributed by atoms with Crippen molar-refractivity contribution >= 4 is 5.97 Å². The van der Waals surface area contributed by atoms with E-state index in [1.807, 2.05) is 18.3 Å². The molecule has 1 heterocycles. The Morgan fingerprint density at radius 1 is 1.38 bits per heavy atom. The van der Waals surface area contributed by atoms with Gasteiger partial charge >= 0.3 is 5.97 Å². The highest BCUT2D eigenvalue weighted by Crippen LogP contribution is 2.47. The summed E-state index contributed by atoms with van der Waals surface area (Å²) in [5.41, 5.74) is 0.891. The summed E-state index contributed by atoms with van der Waals surface area (Å²) in [6.45, 7) is 6.79. The lowest BCUT2D eigenvalue weighted by Gasteiger charge is -2.42. The highest BCUT2D eigenvalue weighted by molar-refractivity contribution is 5.74. The Hall–Kier alpha value is -1.38. The molecule has 0 aromatic carbocycles. The summed E-state index contributed by atoms with van der Waals surface area (Å²) >= 11 is 0. The number of carboxylic acid groups (broad SMARTS) is 1. The molecule has 1 fully saturated rings. The molecule has 0 aliphatic heterocycles. The monoisotopic (exact) mass is 289 g/mol. The Bertz CT molecular complexity index is 468. The van der Waals surface area contributed by atoms with Gasteiger partial charge in [-0.05, 0) is 61.5 Å². The van der Waals surface area contributed by atoms with Crippen molar-refractivity contribution in [1.82, 2.24) is 4.98 Å². The van der Waals surface area contributed by atoms with Gasteiger partial charge in [-0.15, -0.1) is 0 Å². The van der Waals surface area contributed by atoms with E-state index in [9.17, 15) is 9.90 Å². The first-order chi connectivity index (χ1) is 9.83. The summed E-state index contributed by atoms with van der Waals surface area (Å²) in [6.07, 6.45) is 8.81. The van der Waals surface area contributed by atoms with E-state index in [-0.39, 0.29) is 5.41 Å². The molecule has 1 aromatic heterocycles. The van der Waals surface area contributed by atoms with Crippen molar-refractivity contribution in [3.8, 4) is 0 Å². The maximum absolute atomic E-state index is 11.8. The molecule has 0 bridgehead atoms. The minimum atomic E-state index is -0.612. The summed E-state index contributed by atoms with van der Waals surface area (Å²) < 4.78 is 0. The lowest BCUT2D eigenvalue weighted by atomic mass is 9.62. The highest BCUT2D eigenvalue weighted by atomic mass is 16.4. The summed E-state index contributed by atoms with van der Waals surface area (Å²) in [6, 6.07) is 3.95. The Labute approximate surface area is 127 Å². The Morgan fingerprint density at radius 3 is 2.52 bits per heavy atom. The number of pyridine rings is 1. The smallest absolute Gasteiger partial charge is 0.309 e. The van der Waals surface area contributed by atoms with Gasteiger partial charge in [0.15, 0.2) is 0 Å². The molecule has 0 saturated heterocycles. The van der Waals surface area contributed by atoms with Gasteiger partial charge in [-0.25, -0.2) is 0 Å². The van der Waals surface area contributed by atoms with Crippen LogP contribution in [0.3, 0.4) is 0 Å². The van der Waals surface area contributed by atoms with E-state index in [0.717, 1.165) is 44.1 Å². The lowest BCUT2D eigenvalue weighted by molar-refractivity contribution is -0.152. The standard InChI is InChI=1S/C18H27NO2/c1-17(2,3)15-7-10-18(11-8-15,16(20)21)9-6-14-5-4-12-19-13-14/h4-5,12-13,15H,6-11H2,1-3H3,(H,20,21). The van der Waals surface area contributed by atoms with E-state index in [1.165, 1.54) is 0 Å². The van der Waals surface area contributed by atoms with Gasteiger partial charge in [0.05, 0.1) is 5.41 Å². The van der Waals surface area contributed by atoms with Crippen LogP contribution in [-0.2, 0) is 11.2 Å². The number of rotatable bonds is 4. The van der Waals surface area contributed by atoms with Crippen molar-refractivity contribution < 1.29 is 9.90 Å². The number of hydrogen-bond acceptors (Lipinski definition) is 2.